The van der Waals surface area contributed by atoms with Gasteiger partial charge in [0.25, 0.3) is 0 Å². The standard InChI is InChI=1S/C21H25.C13H20Si.C5H5.Hf/c1-20(2,3)16-7-9-18-14(12-16)11-15-13-17(21(4,5)6)8-10-19(15)18;1-5-14(6-2,7-3)13-10-8-12(4)9-11-13;1-2-4-5-3-1;/h7-13H,1-6H3;4,8-11H,5-7H2,1-3H3;1-5H;/q-1;;-1;+2. The summed E-state index contributed by atoms with van der Waals surface area (Å²) in [5.41, 5.74) is 4.61. The third kappa shape index (κ3) is 8.45. The Hall–Kier alpha value is -2.16. The van der Waals surface area contributed by atoms with Crippen LogP contribution in [0.2, 0.25) is 18.1 Å². The van der Waals surface area contributed by atoms with Crippen LogP contribution in [0, 0.1) is 0 Å². The van der Waals surface area contributed by atoms with Crippen molar-refractivity contribution in [1.82, 2.24) is 0 Å². The third-order valence-electron chi connectivity index (χ3n) is 8.71. The molecule has 214 valence electrons. The van der Waals surface area contributed by atoms with E-state index in [0.29, 0.717) is 0 Å². The Labute approximate surface area is 266 Å². The van der Waals surface area contributed by atoms with Crippen LogP contribution in [-0.4, -0.2) is 11.8 Å². The number of hydrogen-bond donors (Lipinski definition) is 0. The van der Waals surface area contributed by atoms with E-state index in [9.17, 15) is 0 Å². The molecule has 0 heterocycles. The topological polar surface area (TPSA) is 0 Å². The molecule has 0 amide bonds. The van der Waals surface area contributed by atoms with E-state index in [4.69, 9.17) is 0 Å². The number of benzene rings is 3. The second kappa shape index (κ2) is 14.3. The largest absolute Gasteiger partial charge is 0.214 e. The molecule has 5 aromatic carbocycles. The second-order valence-electron chi connectivity index (χ2n) is 13.3. The van der Waals surface area contributed by atoms with Crippen molar-refractivity contribution >= 4 is 38.6 Å². The van der Waals surface area contributed by atoms with Gasteiger partial charge in [0.1, 0.15) is 0 Å². The molecule has 0 bridgehead atoms. The van der Waals surface area contributed by atoms with Crippen LogP contribution in [0.4, 0.5) is 0 Å². The van der Waals surface area contributed by atoms with Gasteiger partial charge >= 0.3 is 110 Å². The van der Waals surface area contributed by atoms with Gasteiger partial charge in [-0.1, -0.05) is 76.9 Å². The molecule has 5 aromatic rings. The molecule has 0 aliphatic rings. The minimum Gasteiger partial charge on any atom is -0.214 e. The van der Waals surface area contributed by atoms with E-state index in [1.165, 1.54) is 56.4 Å². The molecule has 0 radical (unpaired) electrons. The van der Waals surface area contributed by atoms with Gasteiger partial charge in [-0.3, -0.25) is 0 Å². The van der Waals surface area contributed by atoms with E-state index in [1.54, 1.807) is 5.19 Å². The van der Waals surface area contributed by atoms with Gasteiger partial charge < -0.3 is 0 Å². The molecule has 41 heavy (non-hydrogen) atoms. The molecule has 0 aliphatic carbocycles. The number of fused-ring (bicyclic) bond motifs is 3. The number of hydrogen-bond acceptors (Lipinski definition) is 0. The predicted octanol–water partition coefficient (Wildman–Crippen LogP) is 10.8. The first-order chi connectivity index (χ1) is 19.4. The Kier molecular flexibility index (Phi) is 11.7. The Bertz CT molecular complexity index is 1400. The SMILES string of the molecule is CC(C)(C)c1ccc2c(c1)[cH-]c1cc(C(C)(C)C)ccc12.CC[Si](CC)(CC)c1ccc([CH]=[Hf+2])cc1.c1cc[cH-]c1. The smallest absolute Gasteiger partial charge is 0.172 e. The minimum absolute atomic E-state index is 0.203. The van der Waals surface area contributed by atoms with Gasteiger partial charge in [-0.2, -0.15) is 18.2 Å². The van der Waals surface area contributed by atoms with Gasteiger partial charge in [0, 0.05) is 0 Å². The fourth-order valence-electron chi connectivity index (χ4n) is 5.57. The average Bonchev–Trinajstić information content (AvgIpc) is 3.65. The van der Waals surface area contributed by atoms with Crippen LogP contribution in [-0.2, 0) is 34.7 Å². The number of rotatable bonds is 5. The van der Waals surface area contributed by atoms with Crippen LogP contribution in [0.25, 0.3) is 21.5 Å². The summed E-state index contributed by atoms with van der Waals surface area (Å²) >= 11 is 1.15. The fraction of sp³-hybridized carbons (Fsp3) is 0.359. The van der Waals surface area contributed by atoms with Gasteiger partial charge in [-0.15, -0.1) is 39.7 Å². The van der Waals surface area contributed by atoms with Crippen molar-refractivity contribution in [2.75, 3.05) is 0 Å². The summed E-state index contributed by atoms with van der Waals surface area (Å²) in [5, 5.41) is 7.13. The van der Waals surface area contributed by atoms with Crippen molar-refractivity contribution in [2.24, 2.45) is 0 Å². The quantitative estimate of drug-likeness (QED) is 0.125. The molecule has 0 saturated heterocycles. The van der Waals surface area contributed by atoms with Crippen molar-refractivity contribution < 1.29 is 23.9 Å². The molecule has 2 heteroatoms. The molecule has 0 aliphatic heterocycles. The minimum atomic E-state index is -1.13. The summed E-state index contributed by atoms with van der Waals surface area (Å²) < 4.78 is 2.30. The molecule has 5 rings (SSSR count). The molecular formula is C39H50HfSi. The van der Waals surface area contributed by atoms with Crippen LogP contribution in [0.15, 0.2) is 97.1 Å². The summed E-state index contributed by atoms with van der Waals surface area (Å²) in [7, 11) is -1.13. The zero-order chi connectivity index (χ0) is 30.3. The van der Waals surface area contributed by atoms with Crippen LogP contribution in [0.5, 0.6) is 0 Å². The summed E-state index contributed by atoms with van der Waals surface area (Å²) in [5.74, 6) is 0. The molecule has 0 atom stereocenters. The van der Waals surface area contributed by atoms with Crippen LogP contribution in [0.3, 0.4) is 0 Å². The molecular weight excluding hydrogens is 675 g/mol. The summed E-state index contributed by atoms with van der Waals surface area (Å²) in [6, 6.07) is 39.7. The fourth-order valence-corrected chi connectivity index (χ4v) is 9.86. The maximum atomic E-state index is 2.38. The van der Waals surface area contributed by atoms with Gasteiger partial charge in [-0.25, -0.2) is 12.1 Å². The van der Waals surface area contributed by atoms with Gasteiger partial charge in [0.15, 0.2) is 0 Å². The summed E-state index contributed by atoms with van der Waals surface area (Å²) in [6.07, 6.45) is 0. The Morgan fingerprint density at radius 2 is 1.10 bits per heavy atom. The Balaban J connectivity index is 0.000000201. The van der Waals surface area contributed by atoms with Crippen molar-refractivity contribution in [1.29, 1.82) is 0 Å². The van der Waals surface area contributed by atoms with E-state index >= 15 is 0 Å². The van der Waals surface area contributed by atoms with Crippen LogP contribution in [0.1, 0.15) is 79.0 Å². The second-order valence-corrected chi connectivity index (χ2v) is 19.6. The van der Waals surface area contributed by atoms with Gasteiger partial charge in [0.2, 0.25) is 0 Å². The average molecular weight is 725 g/mol. The Morgan fingerprint density at radius 3 is 1.41 bits per heavy atom. The normalized spacial score (nSPS) is 12.0. The van der Waals surface area contributed by atoms with Crippen molar-refractivity contribution in [2.45, 2.75) is 91.3 Å². The molecule has 0 N–H and O–H groups in total. The van der Waals surface area contributed by atoms with Crippen molar-refractivity contribution in [3.8, 4) is 0 Å². The molecule has 0 nitrogen and oxygen atoms in total. The summed E-state index contributed by atoms with van der Waals surface area (Å²) in [4.78, 5) is 0. The van der Waals surface area contributed by atoms with Crippen LogP contribution < -0.4 is 5.19 Å². The van der Waals surface area contributed by atoms with Gasteiger partial charge in [0.05, 0.1) is 0 Å². The Morgan fingerprint density at radius 1 is 0.659 bits per heavy atom. The van der Waals surface area contributed by atoms with E-state index in [0.717, 1.165) is 23.9 Å². The predicted molar refractivity (Wildman–Crippen MR) is 185 cm³/mol. The molecule has 0 saturated carbocycles. The maximum absolute atomic E-state index is 2.38. The summed E-state index contributed by atoms with van der Waals surface area (Å²) in [6.45, 7) is 20.7. The van der Waals surface area contributed by atoms with E-state index < -0.39 is 8.07 Å². The maximum Gasteiger partial charge on any atom is -0.172 e. The molecule has 0 spiro atoms. The first kappa shape index (κ1) is 33.3. The molecule has 0 fully saturated rings. The van der Waals surface area contributed by atoms with Crippen molar-refractivity contribution in [3.63, 3.8) is 0 Å². The van der Waals surface area contributed by atoms with Gasteiger partial charge in [-0.05, 0) is 10.8 Å². The van der Waals surface area contributed by atoms with Crippen LogP contribution >= 0.6 is 0 Å². The zero-order valence-corrected chi connectivity index (χ0v) is 31.5. The molecule has 0 unspecified atom stereocenters. The van der Waals surface area contributed by atoms with Crippen molar-refractivity contribution in [3.05, 3.63) is 114 Å². The zero-order valence-electron chi connectivity index (χ0n) is 26.9. The molecule has 0 aromatic heterocycles. The van der Waals surface area contributed by atoms with E-state index in [2.05, 4.69) is 133 Å². The van der Waals surface area contributed by atoms with E-state index in [-0.39, 0.29) is 10.8 Å². The first-order valence-electron chi connectivity index (χ1n) is 15.3. The monoisotopic (exact) mass is 726 g/mol. The van der Waals surface area contributed by atoms with E-state index in [1.807, 2.05) is 30.3 Å². The first-order valence-corrected chi connectivity index (χ1v) is 20.0. The third-order valence-corrected chi connectivity index (χ3v) is 15.5.